The number of nitrogens with two attached hydrogens (primary N) is 1. The van der Waals surface area contributed by atoms with Gasteiger partial charge < -0.3 is 5.73 Å². The molecule has 64 valence electrons. The molecular formula is C9H8N4. The zero-order chi connectivity index (χ0) is 9.10. The quantitative estimate of drug-likeness (QED) is 0.700. The van der Waals surface area contributed by atoms with Gasteiger partial charge in [-0.2, -0.15) is 0 Å². The SMILES string of the molecule is Nc1cnccc1-c1ncccn1. The molecule has 0 saturated heterocycles. The van der Waals surface area contributed by atoms with Crippen molar-refractivity contribution in [2.45, 2.75) is 0 Å². The van der Waals surface area contributed by atoms with Gasteiger partial charge in [0.2, 0.25) is 0 Å². The first-order valence-electron chi connectivity index (χ1n) is 3.85. The zero-order valence-corrected chi connectivity index (χ0v) is 6.88. The summed E-state index contributed by atoms with van der Waals surface area (Å²) < 4.78 is 0. The Labute approximate surface area is 75.5 Å². The van der Waals surface area contributed by atoms with Crippen LogP contribution in [-0.2, 0) is 0 Å². The van der Waals surface area contributed by atoms with E-state index >= 15 is 0 Å². The molecule has 4 heteroatoms. The summed E-state index contributed by atoms with van der Waals surface area (Å²) >= 11 is 0. The fourth-order valence-electron chi connectivity index (χ4n) is 1.05. The lowest BCUT2D eigenvalue weighted by Crippen LogP contribution is -1.94. The van der Waals surface area contributed by atoms with Crippen LogP contribution in [-0.4, -0.2) is 15.0 Å². The van der Waals surface area contributed by atoms with Crippen molar-refractivity contribution in [3.63, 3.8) is 0 Å². The third kappa shape index (κ3) is 1.46. The number of pyridine rings is 1. The first-order valence-corrected chi connectivity index (χ1v) is 3.85. The van der Waals surface area contributed by atoms with Crippen LogP contribution in [0.2, 0.25) is 0 Å². The van der Waals surface area contributed by atoms with Crippen molar-refractivity contribution in [3.8, 4) is 11.4 Å². The molecule has 13 heavy (non-hydrogen) atoms. The van der Waals surface area contributed by atoms with Crippen LogP contribution < -0.4 is 5.73 Å². The highest BCUT2D eigenvalue weighted by Crippen LogP contribution is 2.19. The van der Waals surface area contributed by atoms with Crippen LogP contribution in [0.3, 0.4) is 0 Å². The van der Waals surface area contributed by atoms with E-state index in [0.717, 1.165) is 5.56 Å². The van der Waals surface area contributed by atoms with Gasteiger partial charge in [0, 0.05) is 24.2 Å². The van der Waals surface area contributed by atoms with E-state index in [4.69, 9.17) is 5.73 Å². The van der Waals surface area contributed by atoms with Crippen molar-refractivity contribution in [1.82, 2.24) is 15.0 Å². The molecule has 0 radical (unpaired) electrons. The Hall–Kier alpha value is -1.97. The fraction of sp³-hybridized carbons (Fsp3) is 0. The molecule has 0 aromatic carbocycles. The summed E-state index contributed by atoms with van der Waals surface area (Å²) in [6.45, 7) is 0. The number of hydrogen-bond acceptors (Lipinski definition) is 4. The minimum atomic E-state index is 0.591. The van der Waals surface area contributed by atoms with Gasteiger partial charge in [0.15, 0.2) is 5.82 Å². The lowest BCUT2D eigenvalue weighted by Gasteiger charge is -2.01. The third-order valence-corrected chi connectivity index (χ3v) is 1.66. The van der Waals surface area contributed by atoms with Gasteiger partial charge in [-0.25, -0.2) is 9.97 Å². The predicted molar refractivity (Wildman–Crippen MR) is 49.7 cm³/mol. The Morgan fingerprint density at radius 3 is 2.54 bits per heavy atom. The maximum atomic E-state index is 5.71. The minimum absolute atomic E-state index is 0.591. The second-order valence-corrected chi connectivity index (χ2v) is 2.54. The summed E-state index contributed by atoms with van der Waals surface area (Å²) in [7, 11) is 0. The molecule has 0 saturated carbocycles. The average Bonchev–Trinajstić information content (AvgIpc) is 2.20. The second-order valence-electron chi connectivity index (χ2n) is 2.54. The maximum absolute atomic E-state index is 5.71. The van der Waals surface area contributed by atoms with E-state index in [2.05, 4.69) is 15.0 Å². The van der Waals surface area contributed by atoms with Gasteiger partial charge in [-0.1, -0.05) is 0 Å². The minimum Gasteiger partial charge on any atom is -0.397 e. The highest BCUT2D eigenvalue weighted by atomic mass is 14.9. The van der Waals surface area contributed by atoms with Crippen LogP contribution in [0, 0.1) is 0 Å². The lowest BCUT2D eigenvalue weighted by molar-refractivity contribution is 1.17. The number of rotatable bonds is 1. The number of nitrogens with zero attached hydrogens (tertiary/aromatic N) is 3. The summed E-state index contributed by atoms with van der Waals surface area (Å²) in [6, 6.07) is 3.56. The van der Waals surface area contributed by atoms with Gasteiger partial charge in [0.25, 0.3) is 0 Å². The van der Waals surface area contributed by atoms with Gasteiger partial charge in [0.1, 0.15) is 0 Å². The second kappa shape index (κ2) is 3.18. The number of anilines is 1. The highest BCUT2D eigenvalue weighted by molar-refractivity contribution is 5.69. The van der Waals surface area contributed by atoms with E-state index in [1.54, 1.807) is 36.9 Å². The summed E-state index contributed by atoms with van der Waals surface area (Å²) in [5, 5.41) is 0. The topological polar surface area (TPSA) is 64.7 Å². The summed E-state index contributed by atoms with van der Waals surface area (Å²) in [4.78, 5) is 12.1. The average molecular weight is 172 g/mol. The van der Waals surface area contributed by atoms with E-state index in [-0.39, 0.29) is 0 Å². The maximum Gasteiger partial charge on any atom is 0.161 e. The molecule has 2 aromatic heterocycles. The van der Waals surface area contributed by atoms with Crippen molar-refractivity contribution in [3.05, 3.63) is 36.9 Å². The summed E-state index contributed by atoms with van der Waals surface area (Å²) in [5.74, 6) is 0.627. The predicted octanol–water partition coefficient (Wildman–Crippen LogP) is 1.12. The molecule has 0 aliphatic heterocycles. The summed E-state index contributed by atoms with van der Waals surface area (Å²) in [5.41, 5.74) is 7.12. The van der Waals surface area contributed by atoms with Crippen LogP contribution in [0.5, 0.6) is 0 Å². The van der Waals surface area contributed by atoms with Gasteiger partial charge in [0.05, 0.1) is 11.9 Å². The Bertz CT molecular complexity index is 399. The number of aromatic nitrogens is 3. The van der Waals surface area contributed by atoms with Crippen LogP contribution in [0.4, 0.5) is 5.69 Å². The van der Waals surface area contributed by atoms with E-state index < -0.39 is 0 Å². The van der Waals surface area contributed by atoms with Crippen molar-refractivity contribution in [2.24, 2.45) is 0 Å². The monoisotopic (exact) mass is 172 g/mol. The molecule has 4 nitrogen and oxygen atoms in total. The molecule has 2 aromatic rings. The molecule has 2 heterocycles. The molecular weight excluding hydrogens is 164 g/mol. The van der Waals surface area contributed by atoms with Crippen LogP contribution in [0.25, 0.3) is 11.4 Å². The molecule has 0 aliphatic rings. The van der Waals surface area contributed by atoms with Gasteiger partial charge >= 0.3 is 0 Å². The third-order valence-electron chi connectivity index (χ3n) is 1.66. The smallest absolute Gasteiger partial charge is 0.161 e. The first-order chi connectivity index (χ1) is 6.38. The van der Waals surface area contributed by atoms with Crippen molar-refractivity contribution >= 4 is 5.69 Å². The molecule has 0 bridgehead atoms. The van der Waals surface area contributed by atoms with Crippen molar-refractivity contribution < 1.29 is 0 Å². The fourth-order valence-corrected chi connectivity index (χ4v) is 1.05. The Kier molecular flexibility index (Phi) is 1.88. The summed E-state index contributed by atoms with van der Waals surface area (Å²) in [6.07, 6.45) is 6.62. The number of hydrogen-bond donors (Lipinski definition) is 1. The Balaban J connectivity index is 2.54. The van der Waals surface area contributed by atoms with Crippen molar-refractivity contribution in [2.75, 3.05) is 5.73 Å². The van der Waals surface area contributed by atoms with Crippen LogP contribution in [0.1, 0.15) is 0 Å². The van der Waals surface area contributed by atoms with Crippen LogP contribution in [0.15, 0.2) is 36.9 Å². The van der Waals surface area contributed by atoms with E-state index in [1.165, 1.54) is 0 Å². The standard InChI is InChI=1S/C9H8N4/c10-8-6-11-5-2-7(8)9-12-3-1-4-13-9/h1-6H,10H2. The highest BCUT2D eigenvalue weighted by Gasteiger charge is 2.02. The van der Waals surface area contributed by atoms with Crippen LogP contribution >= 0.6 is 0 Å². The molecule has 2 rings (SSSR count). The molecule has 0 atom stereocenters. The zero-order valence-electron chi connectivity index (χ0n) is 6.88. The molecule has 2 N–H and O–H groups in total. The van der Waals surface area contributed by atoms with E-state index in [9.17, 15) is 0 Å². The molecule has 0 spiro atoms. The Morgan fingerprint density at radius 2 is 1.85 bits per heavy atom. The Morgan fingerprint density at radius 1 is 1.08 bits per heavy atom. The number of nitrogen functional groups attached to an aromatic ring is 1. The molecule has 0 unspecified atom stereocenters. The van der Waals surface area contributed by atoms with E-state index in [1.807, 2.05) is 0 Å². The molecule has 0 amide bonds. The van der Waals surface area contributed by atoms with Gasteiger partial charge in [-0.05, 0) is 12.1 Å². The largest absolute Gasteiger partial charge is 0.397 e. The normalized spacial score (nSPS) is 9.85. The molecule has 0 fully saturated rings. The lowest BCUT2D eigenvalue weighted by atomic mass is 10.2. The van der Waals surface area contributed by atoms with Gasteiger partial charge in [-0.3, -0.25) is 4.98 Å². The van der Waals surface area contributed by atoms with Gasteiger partial charge in [-0.15, -0.1) is 0 Å². The van der Waals surface area contributed by atoms with Crippen molar-refractivity contribution in [1.29, 1.82) is 0 Å². The van der Waals surface area contributed by atoms with E-state index in [0.29, 0.717) is 11.5 Å². The first kappa shape index (κ1) is 7.67. The molecule has 0 aliphatic carbocycles.